The molecule has 0 bridgehead atoms. The van der Waals surface area contributed by atoms with E-state index >= 15 is 0 Å². The van der Waals surface area contributed by atoms with Crippen LogP contribution in [-0.2, 0) is 19.4 Å². The highest BCUT2D eigenvalue weighted by molar-refractivity contribution is 7.98. The van der Waals surface area contributed by atoms with Gasteiger partial charge in [0, 0.05) is 5.39 Å². The highest BCUT2D eigenvalue weighted by Gasteiger charge is 2.26. The summed E-state index contributed by atoms with van der Waals surface area (Å²) in [7, 11) is 0. The zero-order chi connectivity index (χ0) is 20.1. The Morgan fingerprint density at radius 2 is 1.93 bits per heavy atom. The number of aromatic nitrogens is 3. The molecule has 8 heteroatoms. The van der Waals surface area contributed by atoms with Gasteiger partial charge in [-0.15, -0.1) is 11.3 Å². The zero-order valence-electron chi connectivity index (χ0n) is 16.3. The molecule has 0 saturated carbocycles. The van der Waals surface area contributed by atoms with Crippen LogP contribution in [0, 0.1) is 0 Å². The summed E-state index contributed by atoms with van der Waals surface area (Å²) in [6.45, 7) is 0.574. The van der Waals surface area contributed by atoms with Gasteiger partial charge in [-0.1, -0.05) is 11.8 Å². The van der Waals surface area contributed by atoms with Crippen LogP contribution in [0.2, 0.25) is 0 Å². The Hall–Kier alpha value is -2.84. The number of thiophene rings is 1. The maximum absolute atomic E-state index is 5.70. The number of nitrogens with zero attached hydrogens (tertiary/aromatic N) is 3. The molecule has 6 rings (SSSR count). The molecule has 1 aliphatic rings. The molecule has 1 N–H and O–H groups in total. The first-order valence-corrected chi connectivity index (χ1v) is 11.9. The van der Waals surface area contributed by atoms with Crippen molar-refractivity contribution in [1.29, 1.82) is 0 Å². The molecule has 30 heavy (non-hydrogen) atoms. The molecule has 6 nitrogen and oxygen atoms in total. The molecule has 1 aliphatic carbocycles. The van der Waals surface area contributed by atoms with E-state index in [1.165, 1.54) is 16.5 Å². The van der Waals surface area contributed by atoms with Crippen LogP contribution in [0.3, 0.4) is 0 Å². The Balaban J connectivity index is 1.58. The van der Waals surface area contributed by atoms with Crippen molar-refractivity contribution in [3.8, 4) is 11.5 Å². The van der Waals surface area contributed by atoms with Crippen molar-refractivity contribution >= 4 is 49.3 Å². The van der Waals surface area contributed by atoms with Gasteiger partial charge in [0.15, 0.2) is 10.9 Å². The Kier molecular flexibility index (Phi) is 4.28. The first kappa shape index (κ1) is 18.0. The number of pyridine rings is 1. The average Bonchev–Trinajstić information content (AvgIpc) is 3.56. The minimum Gasteiger partial charge on any atom is -0.467 e. The van der Waals surface area contributed by atoms with Crippen LogP contribution in [-0.4, -0.2) is 21.2 Å². The minimum absolute atomic E-state index is 0.574. The molecule has 5 heterocycles. The van der Waals surface area contributed by atoms with Crippen LogP contribution < -0.4 is 5.32 Å². The van der Waals surface area contributed by atoms with Gasteiger partial charge in [-0.05, 0) is 60.9 Å². The van der Waals surface area contributed by atoms with E-state index < -0.39 is 0 Å². The van der Waals surface area contributed by atoms with Crippen LogP contribution in [0.4, 0.5) is 5.82 Å². The Labute approximate surface area is 180 Å². The van der Waals surface area contributed by atoms with E-state index in [9.17, 15) is 0 Å². The third kappa shape index (κ3) is 2.82. The monoisotopic (exact) mass is 434 g/mol. The van der Waals surface area contributed by atoms with Crippen LogP contribution in [0.1, 0.15) is 23.3 Å². The maximum atomic E-state index is 5.70. The summed E-state index contributed by atoms with van der Waals surface area (Å²) in [6.07, 6.45) is 8.59. The van der Waals surface area contributed by atoms with Crippen molar-refractivity contribution in [3.05, 3.63) is 53.7 Å². The molecule has 5 aromatic heterocycles. The summed E-state index contributed by atoms with van der Waals surface area (Å²) in [5, 5.41) is 5.37. The van der Waals surface area contributed by atoms with Crippen LogP contribution in [0.25, 0.3) is 31.9 Å². The number of anilines is 1. The van der Waals surface area contributed by atoms with E-state index in [0.717, 1.165) is 62.5 Å². The molecule has 0 aliphatic heterocycles. The third-order valence-electron chi connectivity index (χ3n) is 5.46. The van der Waals surface area contributed by atoms with E-state index in [2.05, 4.69) is 5.32 Å². The van der Waals surface area contributed by atoms with Crippen molar-refractivity contribution in [1.82, 2.24) is 15.0 Å². The van der Waals surface area contributed by atoms with Crippen molar-refractivity contribution in [2.45, 2.75) is 31.0 Å². The minimum atomic E-state index is 0.574. The number of nitrogens with one attached hydrogen (secondary N) is 1. The zero-order valence-corrected chi connectivity index (χ0v) is 17.9. The second kappa shape index (κ2) is 7.14. The van der Waals surface area contributed by atoms with Crippen LogP contribution >= 0.6 is 23.1 Å². The number of hydrogen-bond acceptors (Lipinski definition) is 8. The molecule has 5 aromatic rings. The number of furan rings is 2. The molecule has 0 saturated heterocycles. The van der Waals surface area contributed by atoms with Crippen LogP contribution in [0.15, 0.2) is 50.8 Å². The largest absolute Gasteiger partial charge is 0.467 e. The van der Waals surface area contributed by atoms with Gasteiger partial charge in [0.05, 0.1) is 29.3 Å². The van der Waals surface area contributed by atoms with Gasteiger partial charge in [-0.3, -0.25) is 0 Å². The maximum Gasteiger partial charge on any atom is 0.189 e. The number of rotatable bonds is 5. The summed E-state index contributed by atoms with van der Waals surface area (Å²) in [5.74, 6) is 2.53. The molecule has 0 unspecified atom stereocenters. The molecule has 0 fully saturated rings. The Bertz CT molecular complexity index is 1360. The van der Waals surface area contributed by atoms with E-state index in [0.29, 0.717) is 6.54 Å². The topological polar surface area (TPSA) is 77.0 Å². The van der Waals surface area contributed by atoms with E-state index in [1.54, 1.807) is 35.6 Å². The number of fused-ring (bicyclic) bond motifs is 5. The lowest BCUT2D eigenvalue weighted by Crippen LogP contribution is -2.02. The quantitative estimate of drug-likeness (QED) is 0.272. The van der Waals surface area contributed by atoms with Crippen molar-refractivity contribution in [2.24, 2.45) is 0 Å². The molecular weight excluding hydrogens is 416 g/mol. The van der Waals surface area contributed by atoms with Crippen LogP contribution in [0.5, 0.6) is 0 Å². The fourth-order valence-electron chi connectivity index (χ4n) is 4.16. The summed E-state index contributed by atoms with van der Waals surface area (Å²) >= 11 is 3.19. The van der Waals surface area contributed by atoms with E-state index in [1.807, 2.05) is 30.5 Å². The predicted molar refractivity (Wildman–Crippen MR) is 120 cm³/mol. The van der Waals surface area contributed by atoms with Gasteiger partial charge >= 0.3 is 0 Å². The second-order valence-electron chi connectivity index (χ2n) is 7.20. The van der Waals surface area contributed by atoms with Gasteiger partial charge in [0.2, 0.25) is 0 Å². The highest BCUT2D eigenvalue weighted by Crippen LogP contribution is 2.44. The number of hydrogen-bond donors (Lipinski definition) is 1. The molecule has 0 spiro atoms. The number of aryl methyl sites for hydroxylation is 1. The summed E-state index contributed by atoms with van der Waals surface area (Å²) < 4.78 is 12.2. The molecule has 150 valence electrons. The normalized spacial score (nSPS) is 13.4. The molecule has 0 radical (unpaired) electrons. The third-order valence-corrected chi connectivity index (χ3v) is 7.09. The van der Waals surface area contributed by atoms with Gasteiger partial charge in [-0.2, -0.15) is 0 Å². The first-order chi connectivity index (χ1) is 14.8. The van der Waals surface area contributed by atoms with Crippen molar-refractivity contribution in [3.63, 3.8) is 0 Å². The van der Waals surface area contributed by atoms with Gasteiger partial charge < -0.3 is 14.2 Å². The number of thioether (sulfide) groups is 1. The standard InChI is InChI=1S/C22H18N4O2S2/c1-29-22-25-18-16-13-6-2-7-14(13)17(15-8-4-10-28-15)24-21(16)30-19(18)20(26-22)23-11-12-5-3-9-27-12/h3-5,8-10H,2,6-7,11H2,1H3,(H,23,25,26). The SMILES string of the molecule is CSc1nc(NCc2ccco2)c2sc3nc(-c4ccco4)c4c(c3c2n1)CCC4. The van der Waals surface area contributed by atoms with Gasteiger partial charge in [0.25, 0.3) is 0 Å². The summed E-state index contributed by atoms with van der Waals surface area (Å²) in [5.41, 5.74) is 4.62. The average molecular weight is 435 g/mol. The fourth-order valence-corrected chi connectivity index (χ4v) is 5.63. The first-order valence-electron chi connectivity index (χ1n) is 9.82. The van der Waals surface area contributed by atoms with Crippen molar-refractivity contribution in [2.75, 3.05) is 11.6 Å². The molecule has 0 aromatic carbocycles. The predicted octanol–water partition coefficient (Wildman–Crippen LogP) is 5.92. The summed E-state index contributed by atoms with van der Waals surface area (Å²) in [6, 6.07) is 7.75. The lowest BCUT2D eigenvalue weighted by molar-refractivity contribution is 0.518. The van der Waals surface area contributed by atoms with Crippen molar-refractivity contribution < 1.29 is 8.83 Å². The highest BCUT2D eigenvalue weighted by atomic mass is 32.2. The Morgan fingerprint density at radius 3 is 2.73 bits per heavy atom. The molecule has 0 atom stereocenters. The van der Waals surface area contributed by atoms with E-state index in [-0.39, 0.29) is 0 Å². The van der Waals surface area contributed by atoms with E-state index in [4.69, 9.17) is 23.8 Å². The molecule has 0 amide bonds. The fraction of sp³-hybridized carbons (Fsp3) is 0.227. The molecular formula is C22H18N4O2S2. The lowest BCUT2D eigenvalue weighted by Gasteiger charge is -2.08. The summed E-state index contributed by atoms with van der Waals surface area (Å²) in [4.78, 5) is 15.7. The second-order valence-corrected chi connectivity index (χ2v) is 8.97. The Morgan fingerprint density at radius 1 is 1.07 bits per heavy atom. The lowest BCUT2D eigenvalue weighted by atomic mass is 10.0. The smallest absolute Gasteiger partial charge is 0.189 e. The van der Waals surface area contributed by atoms with Gasteiger partial charge in [-0.25, -0.2) is 15.0 Å². The van der Waals surface area contributed by atoms with Gasteiger partial charge in [0.1, 0.15) is 22.1 Å².